The summed E-state index contributed by atoms with van der Waals surface area (Å²) in [7, 11) is 1.45. The van der Waals surface area contributed by atoms with Crippen LogP contribution in [-0.2, 0) is 4.74 Å². The third-order valence-electron chi connectivity index (χ3n) is 3.79. The fourth-order valence-corrected chi connectivity index (χ4v) is 2.60. The van der Waals surface area contributed by atoms with E-state index in [4.69, 9.17) is 9.47 Å². The molecule has 2 atom stereocenters. The van der Waals surface area contributed by atoms with Gasteiger partial charge in [0.1, 0.15) is 17.5 Å². The van der Waals surface area contributed by atoms with E-state index in [0.717, 1.165) is 0 Å². The Hall–Kier alpha value is -2.86. The van der Waals surface area contributed by atoms with Gasteiger partial charge in [-0.05, 0) is 38.5 Å². The van der Waals surface area contributed by atoms with Gasteiger partial charge in [0.15, 0.2) is 5.78 Å². The number of aliphatic hydroxyl groups is 1. The smallest absolute Gasteiger partial charge is 0.408 e. The van der Waals surface area contributed by atoms with Gasteiger partial charge in [-0.1, -0.05) is 42.5 Å². The van der Waals surface area contributed by atoms with Crippen LogP contribution in [0.15, 0.2) is 54.6 Å². The topological polar surface area (TPSA) is 84.9 Å². The first kappa shape index (κ1) is 20.5. The van der Waals surface area contributed by atoms with E-state index in [9.17, 15) is 14.7 Å². The van der Waals surface area contributed by atoms with Crippen molar-refractivity contribution < 1.29 is 24.2 Å². The molecule has 2 aromatic rings. The summed E-state index contributed by atoms with van der Waals surface area (Å²) in [5.74, 6) is -0.206. The SMILES string of the molecule is COc1ccccc1C(=O)[C@H](O)[C@@H](NC(=O)OC(C)(C)C)c1ccccc1. The highest BCUT2D eigenvalue weighted by molar-refractivity contribution is 6.02. The van der Waals surface area contributed by atoms with E-state index in [1.54, 1.807) is 69.3 Å². The molecule has 0 unspecified atom stereocenters. The minimum absolute atomic E-state index is 0.236. The molecular weight excluding hydrogens is 346 g/mol. The largest absolute Gasteiger partial charge is 0.496 e. The second-order valence-electron chi connectivity index (χ2n) is 7.04. The predicted octanol–water partition coefficient (Wildman–Crippen LogP) is 3.50. The lowest BCUT2D eigenvalue weighted by molar-refractivity contribution is 0.0407. The quantitative estimate of drug-likeness (QED) is 0.759. The van der Waals surface area contributed by atoms with E-state index in [1.165, 1.54) is 7.11 Å². The first-order valence-corrected chi connectivity index (χ1v) is 8.62. The maximum atomic E-state index is 12.9. The Balaban J connectivity index is 2.32. The first-order valence-electron chi connectivity index (χ1n) is 8.62. The summed E-state index contributed by atoms with van der Waals surface area (Å²) < 4.78 is 10.5. The number of methoxy groups -OCH3 is 1. The molecule has 0 aliphatic rings. The van der Waals surface area contributed by atoms with Gasteiger partial charge in [0, 0.05) is 0 Å². The van der Waals surface area contributed by atoms with E-state index >= 15 is 0 Å². The predicted molar refractivity (Wildman–Crippen MR) is 102 cm³/mol. The molecule has 0 radical (unpaired) electrons. The van der Waals surface area contributed by atoms with Crippen molar-refractivity contribution in [2.75, 3.05) is 7.11 Å². The highest BCUT2D eigenvalue weighted by atomic mass is 16.6. The molecule has 27 heavy (non-hydrogen) atoms. The molecule has 1 amide bonds. The van der Waals surface area contributed by atoms with Crippen molar-refractivity contribution in [3.05, 3.63) is 65.7 Å². The maximum absolute atomic E-state index is 12.9. The van der Waals surface area contributed by atoms with Gasteiger partial charge in [0.2, 0.25) is 0 Å². The maximum Gasteiger partial charge on any atom is 0.408 e. The number of benzene rings is 2. The molecular formula is C21H25NO5. The number of carbonyl (C=O) groups excluding carboxylic acids is 2. The van der Waals surface area contributed by atoms with Gasteiger partial charge >= 0.3 is 6.09 Å². The van der Waals surface area contributed by atoms with Gasteiger partial charge in [-0.15, -0.1) is 0 Å². The Kier molecular flexibility index (Phi) is 6.58. The zero-order valence-electron chi connectivity index (χ0n) is 15.9. The van der Waals surface area contributed by atoms with Gasteiger partial charge in [0.05, 0.1) is 18.7 Å². The Labute approximate surface area is 159 Å². The molecule has 0 aliphatic heterocycles. The highest BCUT2D eigenvalue weighted by Gasteiger charge is 2.32. The van der Waals surface area contributed by atoms with Crippen molar-refractivity contribution in [3.8, 4) is 5.75 Å². The van der Waals surface area contributed by atoms with E-state index in [0.29, 0.717) is 11.3 Å². The summed E-state index contributed by atoms with van der Waals surface area (Å²) in [6, 6.07) is 14.4. The fourth-order valence-electron chi connectivity index (χ4n) is 2.60. The number of alkyl carbamates (subject to hydrolysis) is 1. The van der Waals surface area contributed by atoms with Crippen LogP contribution in [0.25, 0.3) is 0 Å². The second-order valence-corrected chi connectivity index (χ2v) is 7.04. The lowest BCUT2D eigenvalue weighted by Gasteiger charge is -2.26. The molecule has 0 bridgehead atoms. The number of nitrogens with one attached hydrogen (secondary N) is 1. The monoisotopic (exact) mass is 371 g/mol. The third kappa shape index (κ3) is 5.56. The van der Waals surface area contributed by atoms with E-state index in [1.807, 2.05) is 6.07 Å². The summed E-state index contributed by atoms with van der Waals surface area (Å²) in [6.07, 6.45) is -2.24. The molecule has 2 rings (SSSR count). The van der Waals surface area contributed by atoms with Crippen LogP contribution in [-0.4, -0.2) is 35.8 Å². The normalized spacial score (nSPS) is 13.4. The highest BCUT2D eigenvalue weighted by Crippen LogP contribution is 2.25. The van der Waals surface area contributed by atoms with Crippen molar-refractivity contribution in [2.24, 2.45) is 0 Å². The van der Waals surface area contributed by atoms with Gasteiger partial charge < -0.3 is 19.9 Å². The van der Waals surface area contributed by atoms with Gasteiger partial charge in [-0.25, -0.2) is 4.79 Å². The lowest BCUT2D eigenvalue weighted by Crippen LogP contribution is -2.42. The molecule has 0 saturated heterocycles. The Morgan fingerprint density at radius 3 is 2.19 bits per heavy atom. The molecule has 2 N–H and O–H groups in total. The second kappa shape index (κ2) is 8.68. The zero-order valence-corrected chi connectivity index (χ0v) is 15.9. The average molecular weight is 371 g/mol. The van der Waals surface area contributed by atoms with Crippen LogP contribution in [0, 0.1) is 0 Å². The average Bonchev–Trinajstić information content (AvgIpc) is 2.64. The van der Waals surface area contributed by atoms with Crippen molar-refractivity contribution in [2.45, 2.75) is 38.5 Å². The summed E-state index contributed by atoms with van der Waals surface area (Å²) in [4.78, 5) is 25.1. The van der Waals surface area contributed by atoms with Crippen molar-refractivity contribution in [1.82, 2.24) is 5.32 Å². The van der Waals surface area contributed by atoms with Crippen LogP contribution in [0.5, 0.6) is 5.75 Å². The number of amides is 1. The number of hydrogen-bond donors (Lipinski definition) is 2. The van der Waals surface area contributed by atoms with Crippen LogP contribution >= 0.6 is 0 Å². The lowest BCUT2D eigenvalue weighted by atomic mass is 9.94. The molecule has 144 valence electrons. The van der Waals surface area contributed by atoms with Crippen molar-refractivity contribution >= 4 is 11.9 Å². The number of Topliss-reactive ketones (excluding diaryl/α,β-unsaturated/α-hetero) is 1. The van der Waals surface area contributed by atoms with Crippen LogP contribution in [0.2, 0.25) is 0 Å². The number of hydrogen-bond acceptors (Lipinski definition) is 5. The Morgan fingerprint density at radius 2 is 1.59 bits per heavy atom. The molecule has 2 aromatic carbocycles. The fraction of sp³-hybridized carbons (Fsp3) is 0.333. The Bertz CT molecular complexity index is 783. The summed E-state index contributed by atoms with van der Waals surface area (Å²) in [5.41, 5.74) is 0.113. The number of aliphatic hydroxyl groups excluding tert-OH is 1. The van der Waals surface area contributed by atoms with E-state index in [-0.39, 0.29) is 5.56 Å². The Morgan fingerprint density at radius 1 is 1.00 bits per heavy atom. The number of para-hydroxylation sites is 1. The summed E-state index contributed by atoms with van der Waals surface area (Å²) >= 11 is 0. The number of ketones is 1. The molecule has 6 nitrogen and oxygen atoms in total. The molecule has 0 aromatic heterocycles. The van der Waals surface area contributed by atoms with Gasteiger partial charge in [-0.2, -0.15) is 0 Å². The number of ether oxygens (including phenoxy) is 2. The van der Waals surface area contributed by atoms with E-state index < -0.39 is 29.6 Å². The van der Waals surface area contributed by atoms with Gasteiger partial charge in [0.25, 0.3) is 0 Å². The summed E-state index contributed by atoms with van der Waals surface area (Å²) in [5, 5.41) is 13.4. The summed E-state index contributed by atoms with van der Waals surface area (Å²) in [6.45, 7) is 5.21. The minimum atomic E-state index is -1.52. The molecule has 0 aliphatic carbocycles. The van der Waals surface area contributed by atoms with Crippen LogP contribution in [0.3, 0.4) is 0 Å². The van der Waals surface area contributed by atoms with Crippen molar-refractivity contribution in [1.29, 1.82) is 0 Å². The van der Waals surface area contributed by atoms with Crippen molar-refractivity contribution in [3.63, 3.8) is 0 Å². The third-order valence-corrected chi connectivity index (χ3v) is 3.79. The molecule has 0 spiro atoms. The number of carbonyl (C=O) groups is 2. The first-order chi connectivity index (χ1) is 12.7. The molecule has 0 heterocycles. The molecule has 6 heteroatoms. The molecule has 0 fully saturated rings. The molecule has 0 saturated carbocycles. The van der Waals surface area contributed by atoms with Crippen LogP contribution in [0.4, 0.5) is 4.79 Å². The standard InChI is InChI=1S/C21H25NO5/c1-21(2,3)27-20(25)22-17(14-10-6-5-7-11-14)19(24)18(23)15-12-8-9-13-16(15)26-4/h5-13,17,19,24H,1-4H3,(H,22,25)/t17-,19+/m0/s1. The van der Waals surface area contributed by atoms with E-state index in [2.05, 4.69) is 5.32 Å². The number of rotatable bonds is 6. The van der Waals surface area contributed by atoms with Crippen LogP contribution < -0.4 is 10.1 Å². The zero-order chi connectivity index (χ0) is 20.0. The minimum Gasteiger partial charge on any atom is -0.496 e. The van der Waals surface area contributed by atoms with Gasteiger partial charge in [-0.3, -0.25) is 4.79 Å². The van der Waals surface area contributed by atoms with Crippen LogP contribution in [0.1, 0.15) is 42.7 Å².